The predicted octanol–water partition coefficient (Wildman–Crippen LogP) is 2.78. The molecule has 10 heteroatoms. The van der Waals surface area contributed by atoms with Crippen molar-refractivity contribution in [3.63, 3.8) is 0 Å². The van der Waals surface area contributed by atoms with Gasteiger partial charge in [-0.2, -0.15) is 9.97 Å². The van der Waals surface area contributed by atoms with Gasteiger partial charge in [0, 0.05) is 56.4 Å². The Hall–Kier alpha value is -3.24. The van der Waals surface area contributed by atoms with Gasteiger partial charge in [0.15, 0.2) is 0 Å². The number of amides is 1. The summed E-state index contributed by atoms with van der Waals surface area (Å²) in [6, 6.07) is 4.64. The quantitative estimate of drug-likeness (QED) is 0.613. The molecule has 1 atom stereocenters. The maximum Gasteiger partial charge on any atom is 0.318 e. The van der Waals surface area contributed by atoms with E-state index < -0.39 is 5.82 Å². The van der Waals surface area contributed by atoms with Gasteiger partial charge in [0.1, 0.15) is 17.4 Å². The Labute approximate surface area is 218 Å². The van der Waals surface area contributed by atoms with E-state index in [-0.39, 0.29) is 35.8 Å². The van der Waals surface area contributed by atoms with Gasteiger partial charge in [-0.25, -0.2) is 4.39 Å². The molecule has 2 aromatic rings. The Morgan fingerprint density at radius 2 is 1.97 bits per heavy atom. The van der Waals surface area contributed by atoms with Crippen molar-refractivity contribution in [2.75, 3.05) is 51.8 Å². The summed E-state index contributed by atoms with van der Waals surface area (Å²) in [6.07, 6.45) is 4.16. The number of aromatic nitrogens is 2. The number of piperazine rings is 1. The van der Waals surface area contributed by atoms with E-state index in [1.165, 1.54) is 57.3 Å². The number of benzene rings is 1. The monoisotopic (exact) mass is 512 g/mol. The molecule has 5 rings (SSSR count). The number of ether oxygens (including phenoxy) is 1. The fraction of sp³-hybridized carbons (Fsp3) is 0.519. The van der Waals surface area contributed by atoms with Crippen molar-refractivity contribution in [1.82, 2.24) is 24.7 Å². The zero-order chi connectivity index (χ0) is 26.5. The molecule has 2 saturated heterocycles. The molecule has 4 heterocycles. The summed E-state index contributed by atoms with van der Waals surface area (Å²) < 4.78 is 19.6. The first kappa shape index (κ1) is 26.8. The maximum atomic E-state index is 14.2. The van der Waals surface area contributed by atoms with Crippen molar-refractivity contribution in [3.8, 4) is 11.8 Å². The lowest BCUT2D eigenvalue weighted by Crippen LogP contribution is -2.54. The van der Waals surface area contributed by atoms with Crippen LogP contribution in [0.15, 0.2) is 30.9 Å². The number of fused-ring (bicyclic) bond motifs is 1. The zero-order valence-electron chi connectivity index (χ0n) is 22.0. The average molecular weight is 513 g/mol. The minimum absolute atomic E-state index is 0.0472. The molecule has 2 fully saturated rings. The average Bonchev–Trinajstić information content (AvgIpc) is 3.54. The topological polar surface area (TPSA) is 85.3 Å². The number of anilines is 1. The molecule has 1 aromatic heterocycles. The first-order valence-electron chi connectivity index (χ1n) is 12.8. The van der Waals surface area contributed by atoms with Gasteiger partial charge in [-0.3, -0.25) is 9.69 Å². The first-order valence-corrected chi connectivity index (χ1v) is 12.8. The highest BCUT2D eigenvalue weighted by Gasteiger charge is 2.33. The van der Waals surface area contributed by atoms with Crippen LogP contribution in [-0.2, 0) is 24.4 Å². The van der Waals surface area contributed by atoms with E-state index in [2.05, 4.69) is 33.4 Å². The van der Waals surface area contributed by atoms with Crippen LogP contribution < -0.4 is 9.64 Å². The number of carbonyl (C=O) groups is 1. The van der Waals surface area contributed by atoms with Crippen LogP contribution in [0.4, 0.5) is 10.2 Å². The van der Waals surface area contributed by atoms with E-state index in [9.17, 15) is 14.3 Å². The molecule has 0 saturated carbocycles. The van der Waals surface area contributed by atoms with Crippen LogP contribution in [0.25, 0.3) is 0 Å². The number of rotatable bonds is 5. The fourth-order valence-electron chi connectivity index (χ4n) is 5.12. The summed E-state index contributed by atoms with van der Waals surface area (Å²) in [5.41, 5.74) is 2.06. The fourth-order valence-corrected chi connectivity index (χ4v) is 5.12. The van der Waals surface area contributed by atoms with Gasteiger partial charge in [-0.15, -0.1) is 0 Å². The van der Waals surface area contributed by atoms with Crippen molar-refractivity contribution in [2.24, 2.45) is 0 Å². The number of hydrogen-bond donors (Lipinski definition) is 1. The normalized spacial score (nSPS) is 19.8. The van der Waals surface area contributed by atoms with Crippen molar-refractivity contribution >= 4 is 11.7 Å². The number of methoxy groups -OCH3 is 1. The molecule has 0 bridgehead atoms. The molecule has 0 radical (unpaired) electrons. The summed E-state index contributed by atoms with van der Waals surface area (Å²) in [7, 11) is 3.70. The SMILES string of the molecule is C=CC(=O)N1CCN(c2nc(OC)nc3c2CN(Cc2c(O)cccc2F)C3)C(C)C1.CN1CCCC1. The van der Waals surface area contributed by atoms with Crippen LogP contribution in [0.5, 0.6) is 11.8 Å². The molecule has 37 heavy (non-hydrogen) atoms. The van der Waals surface area contributed by atoms with Crippen molar-refractivity contribution < 1.29 is 19.0 Å². The molecule has 3 aliphatic rings. The standard InChI is InChI=1S/C22H26FN5O3.C5H11N/c1-4-20(30)27-8-9-28(14(2)10-27)21-16-12-26(13-18(16)24-22(25-21)31-3)11-15-17(23)6-5-7-19(15)29;1-6-4-2-3-5-6/h4-7,14,29H,1,8-13H2,2-3H3;2-5H2,1H3. The largest absolute Gasteiger partial charge is 0.508 e. The van der Waals surface area contributed by atoms with Gasteiger partial charge in [0.25, 0.3) is 0 Å². The van der Waals surface area contributed by atoms with Crippen LogP contribution >= 0.6 is 0 Å². The smallest absolute Gasteiger partial charge is 0.318 e. The van der Waals surface area contributed by atoms with Gasteiger partial charge in [-0.05, 0) is 58.1 Å². The number of likely N-dealkylation sites (tertiary alicyclic amines) is 1. The lowest BCUT2D eigenvalue weighted by Gasteiger charge is -2.40. The summed E-state index contributed by atoms with van der Waals surface area (Å²) in [5.74, 6) is 0.209. The summed E-state index contributed by atoms with van der Waals surface area (Å²) in [4.78, 5) is 29.5. The number of hydrogen-bond acceptors (Lipinski definition) is 8. The number of phenols is 1. The van der Waals surface area contributed by atoms with E-state index >= 15 is 0 Å². The van der Waals surface area contributed by atoms with Gasteiger partial charge in [0.2, 0.25) is 5.91 Å². The molecule has 1 unspecified atom stereocenters. The maximum absolute atomic E-state index is 14.2. The van der Waals surface area contributed by atoms with Crippen molar-refractivity contribution in [3.05, 3.63) is 53.5 Å². The third kappa shape index (κ3) is 6.19. The third-order valence-corrected chi connectivity index (χ3v) is 7.18. The van der Waals surface area contributed by atoms with E-state index in [0.29, 0.717) is 32.7 Å². The second-order valence-electron chi connectivity index (χ2n) is 9.88. The number of carbonyl (C=O) groups excluding carboxylic acids is 1. The molecular weight excluding hydrogens is 475 g/mol. The third-order valence-electron chi connectivity index (χ3n) is 7.18. The van der Waals surface area contributed by atoms with Crippen LogP contribution in [0.1, 0.15) is 36.6 Å². The molecule has 9 nitrogen and oxygen atoms in total. The highest BCUT2D eigenvalue weighted by molar-refractivity contribution is 5.87. The molecule has 1 N–H and O–H groups in total. The number of phenolic OH excluding ortho intramolecular Hbond substituents is 1. The van der Waals surface area contributed by atoms with Crippen molar-refractivity contribution in [1.29, 1.82) is 0 Å². The molecular formula is C27H37FN6O3. The minimum atomic E-state index is -0.434. The lowest BCUT2D eigenvalue weighted by atomic mass is 10.1. The second kappa shape index (κ2) is 11.9. The van der Waals surface area contributed by atoms with E-state index in [1.54, 1.807) is 4.90 Å². The Bertz CT molecular complexity index is 1100. The van der Waals surface area contributed by atoms with Crippen LogP contribution in [0, 0.1) is 5.82 Å². The lowest BCUT2D eigenvalue weighted by molar-refractivity contribution is -0.126. The first-order chi connectivity index (χ1) is 17.8. The van der Waals surface area contributed by atoms with Crippen LogP contribution in [0.2, 0.25) is 0 Å². The van der Waals surface area contributed by atoms with Gasteiger partial charge < -0.3 is 24.5 Å². The molecule has 0 spiro atoms. The number of halogens is 1. The number of aromatic hydroxyl groups is 1. The highest BCUT2D eigenvalue weighted by Crippen LogP contribution is 2.34. The molecule has 1 aromatic carbocycles. The summed E-state index contributed by atoms with van der Waals surface area (Å²) >= 11 is 0. The van der Waals surface area contributed by atoms with Gasteiger partial charge in [-0.1, -0.05) is 12.6 Å². The molecule has 0 aliphatic carbocycles. The zero-order valence-corrected chi connectivity index (χ0v) is 22.0. The molecule has 1 amide bonds. The molecule has 200 valence electrons. The Morgan fingerprint density at radius 3 is 2.57 bits per heavy atom. The van der Waals surface area contributed by atoms with E-state index in [1.807, 2.05) is 11.8 Å². The highest BCUT2D eigenvalue weighted by atomic mass is 19.1. The Kier molecular flexibility index (Phi) is 8.60. The van der Waals surface area contributed by atoms with E-state index in [4.69, 9.17) is 4.74 Å². The summed E-state index contributed by atoms with van der Waals surface area (Å²) in [5, 5.41) is 10.1. The summed E-state index contributed by atoms with van der Waals surface area (Å²) in [6.45, 7) is 11.3. The van der Waals surface area contributed by atoms with Crippen LogP contribution in [-0.4, -0.2) is 88.6 Å². The minimum Gasteiger partial charge on any atom is -0.508 e. The number of nitrogens with zero attached hydrogens (tertiary/aromatic N) is 6. The molecule has 3 aliphatic heterocycles. The predicted molar refractivity (Wildman–Crippen MR) is 140 cm³/mol. The Balaban J connectivity index is 0.000000469. The Morgan fingerprint density at radius 1 is 1.22 bits per heavy atom. The van der Waals surface area contributed by atoms with Crippen molar-refractivity contribution in [2.45, 2.75) is 45.4 Å². The van der Waals surface area contributed by atoms with Gasteiger partial charge in [0.05, 0.1) is 12.8 Å². The van der Waals surface area contributed by atoms with Gasteiger partial charge >= 0.3 is 6.01 Å². The second-order valence-corrected chi connectivity index (χ2v) is 9.88. The van der Waals surface area contributed by atoms with E-state index in [0.717, 1.165) is 17.1 Å². The van der Waals surface area contributed by atoms with Crippen LogP contribution in [0.3, 0.4) is 0 Å².